The first-order chi connectivity index (χ1) is 13.6. The second-order valence-electron chi connectivity index (χ2n) is 6.95. The van der Waals surface area contributed by atoms with E-state index in [4.69, 9.17) is 5.73 Å². The lowest BCUT2D eigenvalue weighted by atomic mass is 9.96. The maximum absolute atomic E-state index is 13.2. The van der Waals surface area contributed by atoms with Gasteiger partial charge in [-0.25, -0.2) is 9.89 Å². The van der Waals surface area contributed by atoms with Gasteiger partial charge in [0.05, 0.1) is 5.56 Å². The molecule has 28 heavy (non-hydrogen) atoms. The molecule has 1 saturated heterocycles. The van der Waals surface area contributed by atoms with E-state index >= 15 is 0 Å². The molecule has 1 atom stereocenters. The number of nitrogen functional groups attached to an aromatic ring is 1. The Labute approximate surface area is 161 Å². The highest BCUT2D eigenvalue weighted by atomic mass is 16.2. The minimum Gasteiger partial charge on any atom is -0.382 e. The van der Waals surface area contributed by atoms with Crippen molar-refractivity contribution in [2.45, 2.75) is 32.2 Å². The Balaban J connectivity index is 1.62. The van der Waals surface area contributed by atoms with Gasteiger partial charge in [0.2, 0.25) is 0 Å². The first kappa shape index (κ1) is 18.0. The van der Waals surface area contributed by atoms with Crippen LogP contribution in [0.5, 0.6) is 0 Å². The first-order valence-corrected chi connectivity index (χ1v) is 9.43. The molecule has 3 heterocycles. The smallest absolute Gasteiger partial charge is 0.343 e. The van der Waals surface area contributed by atoms with E-state index in [0.29, 0.717) is 42.5 Å². The molecule has 1 fully saturated rings. The Morgan fingerprint density at radius 1 is 1.25 bits per heavy atom. The predicted octanol–water partition coefficient (Wildman–Crippen LogP) is 1.58. The fourth-order valence-electron chi connectivity index (χ4n) is 3.89. The lowest BCUT2D eigenvalue weighted by Crippen LogP contribution is -2.40. The molecule has 0 bridgehead atoms. The molecule has 1 unspecified atom stereocenters. The lowest BCUT2D eigenvalue weighted by Gasteiger charge is -2.32. The number of aromatic nitrogens is 5. The van der Waals surface area contributed by atoms with E-state index in [1.54, 1.807) is 9.47 Å². The highest BCUT2D eigenvalue weighted by molar-refractivity contribution is 6.01. The van der Waals surface area contributed by atoms with Crippen LogP contribution in [0.25, 0.3) is 11.1 Å². The Morgan fingerprint density at radius 3 is 2.79 bits per heavy atom. The van der Waals surface area contributed by atoms with E-state index in [9.17, 15) is 9.59 Å². The molecule has 9 nitrogen and oxygen atoms in total. The summed E-state index contributed by atoms with van der Waals surface area (Å²) in [5, 5.41) is 13.6. The van der Waals surface area contributed by atoms with E-state index in [2.05, 4.69) is 20.4 Å². The zero-order valence-electron chi connectivity index (χ0n) is 15.7. The van der Waals surface area contributed by atoms with Crippen LogP contribution in [0.3, 0.4) is 0 Å². The van der Waals surface area contributed by atoms with Crippen molar-refractivity contribution >= 4 is 11.7 Å². The van der Waals surface area contributed by atoms with E-state index in [-0.39, 0.29) is 17.5 Å². The molecule has 146 valence electrons. The molecule has 0 aliphatic carbocycles. The molecule has 2 aromatic heterocycles. The van der Waals surface area contributed by atoms with Crippen molar-refractivity contribution in [2.75, 3.05) is 18.8 Å². The van der Waals surface area contributed by atoms with Gasteiger partial charge in [-0.2, -0.15) is 10.2 Å². The van der Waals surface area contributed by atoms with Crippen LogP contribution in [0.1, 0.15) is 42.0 Å². The molecule has 9 heteroatoms. The molecule has 4 rings (SSSR count). The van der Waals surface area contributed by atoms with Gasteiger partial charge in [0, 0.05) is 25.6 Å². The minimum atomic E-state index is -0.214. The molecule has 1 amide bonds. The van der Waals surface area contributed by atoms with Gasteiger partial charge in [0.15, 0.2) is 5.82 Å². The monoisotopic (exact) mass is 381 g/mol. The Hall–Kier alpha value is -3.36. The van der Waals surface area contributed by atoms with Gasteiger partial charge in [-0.05, 0) is 25.3 Å². The Bertz CT molecular complexity index is 1030. The highest BCUT2D eigenvalue weighted by Crippen LogP contribution is 2.31. The van der Waals surface area contributed by atoms with Crippen molar-refractivity contribution in [3.63, 3.8) is 0 Å². The number of likely N-dealkylation sites (tertiary alicyclic amines) is 1. The molecule has 0 spiro atoms. The minimum absolute atomic E-state index is 0.0112. The quantitative estimate of drug-likeness (QED) is 0.633. The average molecular weight is 381 g/mol. The Kier molecular flexibility index (Phi) is 4.72. The number of amides is 1. The molecular formula is C19H23N7O2. The maximum atomic E-state index is 13.2. The standard InChI is InChI=1S/C19H23N7O2/c1-2-26-17(23-24-19(26)28)13-9-6-10-25(11-13)18(27)15-14(16(20)22-21-15)12-7-4-3-5-8-12/h3-5,7-8,13H,2,6,9-11H2,1H3,(H,24,28)(H3,20,21,22). The largest absolute Gasteiger partial charge is 0.382 e. The van der Waals surface area contributed by atoms with Gasteiger partial charge in [0.1, 0.15) is 11.5 Å². The van der Waals surface area contributed by atoms with Crippen molar-refractivity contribution in [1.29, 1.82) is 0 Å². The lowest BCUT2D eigenvalue weighted by molar-refractivity contribution is 0.0698. The highest BCUT2D eigenvalue weighted by Gasteiger charge is 2.31. The number of carbonyl (C=O) groups is 1. The summed E-state index contributed by atoms with van der Waals surface area (Å²) in [6, 6.07) is 9.51. The van der Waals surface area contributed by atoms with Gasteiger partial charge < -0.3 is 10.6 Å². The summed E-state index contributed by atoms with van der Waals surface area (Å²) in [6.07, 6.45) is 1.72. The number of hydrogen-bond donors (Lipinski definition) is 3. The fraction of sp³-hybridized carbons (Fsp3) is 0.368. The topological polar surface area (TPSA) is 126 Å². The number of rotatable bonds is 4. The second-order valence-corrected chi connectivity index (χ2v) is 6.95. The van der Waals surface area contributed by atoms with Crippen molar-refractivity contribution in [2.24, 2.45) is 0 Å². The zero-order valence-corrected chi connectivity index (χ0v) is 15.7. The molecule has 4 N–H and O–H groups in total. The van der Waals surface area contributed by atoms with Crippen LogP contribution in [0.15, 0.2) is 35.1 Å². The predicted molar refractivity (Wildman–Crippen MR) is 105 cm³/mol. The van der Waals surface area contributed by atoms with Crippen molar-refractivity contribution in [1.82, 2.24) is 29.9 Å². The maximum Gasteiger partial charge on any atom is 0.343 e. The summed E-state index contributed by atoms with van der Waals surface area (Å²) in [6.45, 7) is 3.59. The average Bonchev–Trinajstić information content (AvgIpc) is 3.30. The first-order valence-electron chi connectivity index (χ1n) is 9.43. The van der Waals surface area contributed by atoms with Crippen LogP contribution in [0.2, 0.25) is 0 Å². The zero-order chi connectivity index (χ0) is 19.7. The Morgan fingerprint density at radius 2 is 2.04 bits per heavy atom. The van der Waals surface area contributed by atoms with Crippen LogP contribution in [0.4, 0.5) is 5.82 Å². The third kappa shape index (κ3) is 3.08. The van der Waals surface area contributed by atoms with E-state index in [1.807, 2.05) is 37.3 Å². The van der Waals surface area contributed by atoms with E-state index in [0.717, 1.165) is 18.4 Å². The van der Waals surface area contributed by atoms with Crippen LogP contribution < -0.4 is 11.4 Å². The summed E-state index contributed by atoms with van der Waals surface area (Å²) < 4.78 is 1.63. The normalized spacial score (nSPS) is 17.0. The molecule has 1 aromatic carbocycles. The van der Waals surface area contributed by atoms with Gasteiger partial charge in [-0.3, -0.25) is 14.5 Å². The molecular weight excluding hydrogens is 358 g/mol. The summed E-state index contributed by atoms with van der Waals surface area (Å²) in [4.78, 5) is 26.9. The summed E-state index contributed by atoms with van der Waals surface area (Å²) in [5.74, 6) is 0.873. The van der Waals surface area contributed by atoms with Gasteiger partial charge in [-0.15, -0.1) is 0 Å². The van der Waals surface area contributed by atoms with Crippen LogP contribution in [-0.4, -0.2) is 48.9 Å². The number of nitrogens with one attached hydrogen (secondary N) is 2. The van der Waals surface area contributed by atoms with Gasteiger partial charge in [-0.1, -0.05) is 30.3 Å². The van der Waals surface area contributed by atoms with Crippen molar-refractivity contribution in [3.8, 4) is 11.1 Å². The summed E-state index contributed by atoms with van der Waals surface area (Å²) >= 11 is 0. The molecule has 0 radical (unpaired) electrons. The van der Waals surface area contributed by atoms with Crippen molar-refractivity contribution in [3.05, 3.63) is 52.3 Å². The number of aromatic amines is 2. The number of carbonyl (C=O) groups excluding carboxylic acids is 1. The summed E-state index contributed by atoms with van der Waals surface area (Å²) in [5.41, 5.74) is 7.68. The SMILES string of the molecule is CCn1c(C2CCCN(C(=O)c3[nH]nc(N)c3-c3ccccc3)C2)n[nH]c1=O. The van der Waals surface area contributed by atoms with Crippen molar-refractivity contribution < 1.29 is 4.79 Å². The molecule has 1 aliphatic rings. The van der Waals surface area contributed by atoms with E-state index < -0.39 is 0 Å². The fourth-order valence-corrected chi connectivity index (χ4v) is 3.89. The van der Waals surface area contributed by atoms with Gasteiger partial charge >= 0.3 is 5.69 Å². The van der Waals surface area contributed by atoms with Crippen LogP contribution in [-0.2, 0) is 6.54 Å². The third-order valence-electron chi connectivity index (χ3n) is 5.25. The summed E-state index contributed by atoms with van der Waals surface area (Å²) in [7, 11) is 0. The molecule has 1 aliphatic heterocycles. The molecule has 3 aromatic rings. The second kappa shape index (κ2) is 7.34. The van der Waals surface area contributed by atoms with Crippen LogP contribution in [0, 0.1) is 0 Å². The number of nitrogens with zero attached hydrogens (tertiary/aromatic N) is 4. The molecule has 0 saturated carbocycles. The number of hydrogen-bond acceptors (Lipinski definition) is 5. The number of H-pyrrole nitrogens is 2. The number of benzene rings is 1. The third-order valence-corrected chi connectivity index (χ3v) is 5.25. The number of anilines is 1. The van der Waals surface area contributed by atoms with Crippen LogP contribution >= 0.6 is 0 Å². The van der Waals surface area contributed by atoms with E-state index in [1.165, 1.54) is 0 Å². The van der Waals surface area contributed by atoms with Gasteiger partial charge in [0.25, 0.3) is 5.91 Å². The number of piperidine rings is 1. The number of nitrogens with two attached hydrogens (primary N) is 1.